The van der Waals surface area contributed by atoms with Crippen molar-refractivity contribution < 1.29 is 4.79 Å². The number of carbonyl (C=O) groups excluding carboxylic acids is 1. The molecule has 0 radical (unpaired) electrons. The predicted octanol–water partition coefficient (Wildman–Crippen LogP) is 3.38. The van der Waals surface area contributed by atoms with Crippen molar-refractivity contribution in [3.63, 3.8) is 0 Å². The summed E-state index contributed by atoms with van der Waals surface area (Å²) >= 11 is 1.81. The van der Waals surface area contributed by atoms with E-state index in [1.165, 1.54) is 10.5 Å². The standard InChI is InChI=1S/C16H17NOS/c1-17-16(18)14-7-9-15(10-8-14)19-12-11-13-5-3-2-4-6-13/h2-10H,11-12H2,1H3,(H,17,18). The highest BCUT2D eigenvalue weighted by Gasteiger charge is 2.02. The zero-order chi connectivity index (χ0) is 13.5. The molecule has 0 fully saturated rings. The molecule has 3 heteroatoms. The molecule has 1 N–H and O–H groups in total. The summed E-state index contributed by atoms with van der Waals surface area (Å²) in [7, 11) is 1.64. The number of amides is 1. The minimum atomic E-state index is -0.0409. The number of benzene rings is 2. The van der Waals surface area contributed by atoms with Crippen molar-refractivity contribution in [3.8, 4) is 0 Å². The van der Waals surface area contributed by atoms with Gasteiger partial charge in [0.05, 0.1) is 0 Å². The zero-order valence-electron chi connectivity index (χ0n) is 10.9. The smallest absolute Gasteiger partial charge is 0.251 e. The molecule has 2 aromatic carbocycles. The first-order valence-corrected chi connectivity index (χ1v) is 7.27. The summed E-state index contributed by atoms with van der Waals surface area (Å²) in [6.45, 7) is 0. The Morgan fingerprint density at radius 1 is 1.05 bits per heavy atom. The van der Waals surface area contributed by atoms with Crippen LogP contribution in [0, 0.1) is 0 Å². The van der Waals surface area contributed by atoms with Crippen LogP contribution in [0.5, 0.6) is 0 Å². The maximum Gasteiger partial charge on any atom is 0.251 e. The SMILES string of the molecule is CNC(=O)c1ccc(SCCc2ccccc2)cc1. The van der Waals surface area contributed by atoms with Crippen LogP contribution in [-0.4, -0.2) is 18.7 Å². The van der Waals surface area contributed by atoms with Gasteiger partial charge in [0.15, 0.2) is 0 Å². The number of hydrogen-bond acceptors (Lipinski definition) is 2. The summed E-state index contributed by atoms with van der Waals surface area (Å²) in [6.07, 6.45) is 1.06. The lowest BCUT2D eigenvalue weighted by Gasteiger charge is -2.04. The molecule has 19 heavy (non-hydrogen) atoms. The third-order valence-corrected chi connectivity index (χ3v) is 3.86. The van der Waals surface area contributed by atoms with Gasteiger partial charge in [-0.05, 0) is 36.2 Å². The van der Waals surface area contributed by atoms with Crippen LogP contribution in [0.15, 0.2) is 59.5 Å². The molecule has 0 spiro atoms. The average molecular weight is 271 g/mol. The number of rotatable bonds is 5. The molecule has 0 aromatic heterocycles. The Kier molecular flexibility index (Phi) is 5.04. The first kappa shape index (κ1) is 13.7. The van der Waals surface area contributed by atoms with Gasteiger partial charge in [-0.3, -0.25) is 4.79 Å². The van der Waals surface area contributed by atoms with E-state index in [-0.39, 0.29) is 5.91 Å². The average Bonchev–Trinajstić information content (AvgIpc) is 2.48. The second-order valence-electron chi connectivity index (χ2n) is 4.19. The fourth-order valence-electron chi connectivity index (χ4n) is 1.78. The van der Waals surface area contributed by atoms with Crippen LogP contribution < -0.4 is 5.32 Å². The van der Waals surface area contributed by atoms with Crippen LogP contribution in [0.3, 0.4) is 0 Å². The molecule has 2 nitrogen and oxygen atoms in total. The van der Waals surface area contributed by atoms with Crippen LogP contribution in [0.25, 0.3) is 0 Å². The van der Waals surface area contributed by atoms with Gasteiger partial charge in [0.2, 0.25) is 0 Å². The molecule has 0 aliphatic heterocycles. The van der Waals surface area contributed by atoms with E-state index < -0.39 is 0 Å². The number of thioether (sulfide) groups is 1. The maximum absolute atomic E-state index is 11.4. The summed E-state index contributed by atoms with van der Waals surface area (Å²) in [4.78, 5) is 12.6. The first-order valence-electron chi connectivity index (χ1n) is 6.28. The molecule has 0 unspecified atom stereocenters. The van der Waals surface area contributed by atoms with Crippen LogP contribution in [-0.2, 0) is 6.42 Å². The van der Waals surface area contributed by atoms with E-state index in [1.807, 2.05) is 42.1 Å². The Balaban J connectivity index is 1.85. The lowest BCUT2D eigenvalue weighted by molar-refractivity contribution is 0.0963. The van der Waals surface area contributed by atoms with Gasteiger partial charge in [-0.2, -0.15) is 0 Å². The summed E-state index contributed by atoms with van der Waals surface area (Å²) < 4.78 is 0. The van der Waals surface area contributed by atoms with E-state index in [2.05, 4.69) is 29.6 Å². The van der Waals surface area contributed by atoms with E-state index >= 15 is 0 Å². The number of carbonyl (C=O) groups is 1. The van der Waals surface area contributed by atoms with Crippen LogP contribution in [0.1, 0.15) is 15.9 Å². The highest BCUT2D eigenvalue weighted by Crippen LogP contribution is 2.19. The lowest BCUT2D eigenvalue weighted by atomic mass is 10.2. The van der Waals surface area contributed by atoms with E-state index in [0.717, 1.165) is 12.2 Å². The normalized spacial score (nSPS) is 10.2. The molecule has 0 heterocycles. The van der Waals surface area contributed by atoms with Crippen molar-refractivity contribution in [1.82, 2.24) is 5.32 Å². The molecule has 98 valence electrons. The Hall–Kier alpha value is -1.74. The third-order valence-electron chi connectivity index (χ3n) is 2.85. The molecule has 0 atom stereocenters. The minimum Gasteiger partial charge on any atom is -0.355 e. The first-order chi connectivity index (χ1) is 9.29. The molecule has 2 aromatic rings. The zero-order valence-corrected chi connectivity index (χ0v) is 11.7. The summed E-state index contributed by atoms with van der Waals surface area (Å²) in [6, 6.07) is 18.2. The van der Waals surface area contributed by atoms with Crippen LogP contribution in [0.2, 0.25) is 0 Å². The van der Waals surface area contributed by atoms with E-state index in [1.54, 1.807) is 7.05 Å². The Morgan fingerprint density at radius 3 is 2.37 bits per heavy atom. The topological polar surface area (TPSA) is 29.1 Å². The Labute approximate surface area is 118 Å². The second kappa shape index (κ2) is 7.00. The third kappa shape index (κ3) is 4.14. The van der Waals surface area contributed by atoms with Crippen molar-refractivity contribution in [2.75, 3.05) is 12.8 Å². The van der Waals surface area contributed by atoms with Gasteiger partial charge < -0.3 is 5.32 Å². The number of nitrogens with one attached hydrogen (secondary N) is 1. The second-order valence-corrected chi connectivity index (χ2v) is 5.36. The molecule has 0 aliphatic carbocycles. The van der Waals surface area contributed by atoms with Gasteiger partial charge in [0.25, 0.3) is 5.91 Å². The maximum atomic E-state index is 11.4. The number of hydrogen-bond donors (Lipinski definition) is 1. The van der Waals surface area contributed by atoms with Gasteiger partial charge in [0, 0.05) is 23.3 Å². The molecule has 0 saturated carbocycles. The van der Waals surface area contributed by atoms with Crippen molar-refractivity contribution in [2.24, 2.45) is 0 Å². The minimum absolute atomic E-state index is 0.0409. The molecule has 0 aliphatic rings. The monoisotopic (exact) mass is 271 g/mol. The summed E-state index contributed by atoms with van der Waals surface area (Å²) in [5.41, 5.74) is 2.06. The van der Waals surface area contributed by atoms with E-state index in [9.17, 15) is 4.79 Å². The number of aryl methyl sites for hydroxylation is 1. The van der Waals surface area contributed by atoms with E-state index in [0.29, 0.717) is 5.56 Å². The fourth-order valence-corrected chi connectivity index (χ4v) is 2.68. The molecule has 2 rings (SSSR count). The van der Waals surface area contributed by atoms with Crippen molar-refractivity contribution in [1.29, 1.82) is 0 Å². The van der Waals surface area contributed by atoms with Gasteiger partial charge in [0.1, 0.15) is 0 Å². The van der Waals surface area contributed by atoms with Gasteiger partial charge >= 0.3 is 0 Å². The lowest BCUT2D eigenvalue weighted by Crippen LogP contribution is -2.17. The van der Waals surface area contributed by atoms with Gasteiger partial charge in [-0.1, -0.05) is 30.3 Å². The van der Waals surface area contributed by atoms with Crippen LogP contribution >= 0.6 is 11.8 Å². The Morgan fingerprint density at radius 2 is 1.74 bits per heavy atom. The Bertz CT molecular complexity index is 522. The molecule has 0 bridgehead atoms. The van der Waals surface area contributed by atoms with Gasteiger partial charge in [-0.25, -0.2) is 0 Å². The van der Waals surface area contributed by atoms with E-state index in [4.69, 9.17) is 0 Å². The largest absolute Gasteiger partial charge is 0.355 e. The fraction of sp³-hybridized carbons (Fsp3) is 0.188. The molecule has 0 saturated heterocycles. The molecular weight excluding hydrogens is 254 g/mol. The molecule has 1 amide bonds. The van der Waals surface area contributed by atoms with Crippen LogP contribution in [0.4, 0.5) is 0 Å². The van der Waals surface area contributed by atoms with Crippen molar-refractivity contribution in [3.05, 3.63) is 65.7 Å². The van der Waals surface area contributed by atoms with Gasteiger partial charge in [-0.15, -0.1) is 11.8 Å². The van der Waals surface area contributed by atoms with Crippen molar-refractivity contribution in [2.45, 2.75) is 11.3 Å². The summed E-state index contributed by atoms with van der Waals surface area (Å²) in [5.74, 6) is 1.00. The summed E-state index contributed by atoms with van der Waals surface area (Å²) in [5, 5.41) is 2.62. The van der Waals surface area contributed by atoms with Crippen molar-refractivity contribution >= 4 is 17.7 Å². The predicted molar refractivity (Wildman–Crippen MR) is 80.7 cm³/mol. The highest BCUT2D eigenvalue weighted by atomic mass is 32.2. The highest BCUT2D eigenvalue weighted by molar-refractivity contribution is 7.99. The molecular formula is C16H17NOS. The quantitative estimate of drug-likeness (QED) is 0.845.